The van der Waals surface area contributed by atoms with Crippen molar-refractivity contribution in [3.8, 4) is 0 Å². The van der Waals surface area contributed by atoms with Crippen molar-refractivity contribution >= 4 is 26.5 Å². The number of hydrogen-bond acceptors (Lipinski definition) is 6. The van der Waals surface area contributed by atoms with Crippen molar-refractivity contribution in [2.45, 2.75) is 18.4 Å². The lowest BCUT2D eigenvalue weighted by Crippen LogP contribution is -2.12. The van der Waals surface area contributed by atoms with Crippen molar-refractivity contribution in [1.82, 2.24) is 15.2 Å². The molecule has 9 heteroatoms. The van der Waals surface area contributed by atoms with E-state index < -0.39 is 10.0 Å². The molecule has 7 nitrogen and oxygen atoms in total. The van der Waals surface area contributed by atoms with Crippen LogP contribution in [0.2, 0.25) is 0 Å². The Hall–Kier alpha value is -1.45. The number of nitrogens with one attached hydrogen (secondary N) is 2. The topological polar surface area (TPSA) is 114 Å². The molecule has 0 aliphatic rings. The molecule has 0 radical (unpaired) electrons. The van der Waals surface area contributed by atoms with Crippen LogP contribution in [-0.2, 0) is 16.6 Å². The summed E-state index contributed by atoms with van der Waals surface area (Å²) in [4.78, 5) is 2.91. The quantitative estimate of drug-likeness (QED) is 0.747. The van der Waals surface area contributed by atoms with Crippen LogP contribution in [0, 0.1) is 6.92 Å². The lowest BCUT2D eigenvalue weighted by Gasteiger charge is -2.00. The van der Waals surface area contributed by atoms with Crippen molar-refractivity contribution in [3.63, 3.8) is 0 Å². The summed E-state index contributed by atoms with van der Waals surface area (Å²) in [5, 5.41) is 8.37. The summed E-state index contributed by atoms with van der Waals surface area (Å²) in [6, 6.07) is 1.48. The first kappa shape index (κ1) is 12.0. The molecule has 2 aromatic heterocycles. The lowest BCUT2D eigenvalue weighted by atomic mass is 10.4. The number of rotatable bonds is 4. The second-order valence-electron chi connectivity index (χ2n) is 3.30. The molecule has 92 valence electrons. The van der Waals surface area contributed by atoms with Gasteiger partial charge in [0.1, 0.15) is 9.90 Å². The van der Waals surface area contributed by atoms with Gasteiger partial charge in [0.25, 0.3) is 10.0 Å². The number of hydrogen-bond donors (Lipinski definition) is 3. The molecule has 0 fully saturated rings. The van der Waals surface area contributed by atoms with Gasteiger partial charge >= 0.3 is 0 Å². The summed E-state index contributed by atoms with van der Waals surface area (Å²) in [5.41, 5.74) is 6.05. The summed E-state index contributed by atoms with van der Waals surface area (Å²) in [6.45, 7) is 2.01. The first-order valence-corrected chi connectivity index (χ1v) is 7.01. The van der Waals surface area contributed by atoms with Gasteiger partial charge in [0.05, 0.1) is 0 Å². The van der Waals surface area contributed by atoms with Crippen molar-refractivity contribution < 1.29 is 8.42 Å². The molecule has 2 aromatic rings. The van der Waals surface area contributed by atoms with Gasteiger partial charge in [-0.05, 0) is 13.0 Å². The summed E-state index contributed by atoms with van der Waals surface area (Å²) in [6.07, 6.45) is 1.39. The molecular formula is C8H11N5O2S2. The van der Waals surface area contributed by atoms with E-state index in [0.29, 0.717) is 10.7 Å². The molecule has 17 heavy (non-hydrogen) atoms. The van der Waals surface area contributed by atoms with Crippen LogP contribution < -0.4 is 10.5 Å². The van der Waals surface area contributed by atoms with E-state index in [1.54, 1.807) is 6.92 Å². The van der Waals surface area contributed by atoms with Gasteiger partial charge in [0.15, 0.2) is 0 Å². The van der Waals surface area contributed by atoms with Gasteiger partial charge in [0.2, 0.25) is 5.13 Å². The maximum atomic E-state index is 11.9. The molecule has 2 heterocycles. The van der Waals surface area contributed by atoms with Gasteiger partial charge < -0.3 is 10.7 Å². The number of aryl methyl sites for hydroxylation is 1. The molecule has 0 atom stereocenters. The molecule has 4 N–H and O–H groups in total. The van der Waals surface area contributed by atoms with Crippen LogP contribution in [0.25, 0.3) is 0 Å². The Bertz CT molecular complexity index is 615. The minimum Gasteiger partial charge on any atom is -0.363 e. The highest BCUT2D eigenvalue weighted by Crippen LogP contribution is 2.19. The number of nitrogens with two attached hydrogens (primary N) is 1. The highest BCUT2D eigenvalue weighted by atomic mass is 32.2. The third-order valence-corrected chi connectivity index (χ3v) is 4.20. The molecule has 0 unspecified atom stereocenters. The Morgan fingerprint density at radius 2 is 2.29 bits per heavy atom. The highest BCUT2D eigenvalue weighted by Gasteiger charge is 2.17. The van der Waals surface area contributed by atoms with E-state index in [1.807, 2.05) is 0 Å². The second-order valence-corrected chi connectivity index (χ2v) is 6.16. The summed E-state index contributed by atoms with van der Waals surface area (Å²) >= 11 is 1.17. The van der Waals surface area contributed by atoms with E-state index in [4.69, 9.17) is 5.73 Å². The number of nitrogens with zero attached hydrogens (tertiary/aromatic N) is 2. The Morgan fingerprint density at radius 1 is 1.53 bits per heavy atom. The van der Waals surface area contributed by atoms with Crippen LogP contribution in [0.1, 0.15) is 10.7 Å². The molecule has 0 saturated heterocycles. The minimum absolute atomic E-state index is 0.130. The lowest BCUT2D eigenvalue weighted by molar-refractivity contribution is 0.601. The smallest absolute Gasteiger partial charge is 0.265 e. The van der Waals surface area contributed by atoms with Gasteiger partial charge in [-0.3, -0.25) is 4.72 Å². The molecule has 0 aliphatic heterocycles. The average Bonchev–Trinajstić information content (AvgIpc) is 2.86. The van der Waals surface area contributed by atoms with E-state index in [-0.39, 0.29) is 16.6 Å². The second kappa shape index (κ2) is 4.43. The zero-order valence-corrected chi connectivity index (χ0v) is 10.6. The largest absolute Gasteiger partial charge is 0.363 e. The van der Waals surface area contributed by atoms with Crippen molar-refractivity contribution in [1.29, 1.82) is 0 Å². The Balaban J connectivity index is 2.24. The monoisotopic (exact) mass is 273 g/mol. The maximum Gasteiger partial charge on any atom is 0.265 e. The van der Waals surface area contributed by atoms with E-state index in [1.165, 1.54) is 23.6 Å². The van der Waals surface area contributed by atoms with E-state index >= 15 is 0 Å². The number of H-pyrrole nitrogens is 1. The molecular weight excluding hydrogens is 262 g/mol. The van der Waals surface area contributed by atoms with Crippen LogP contribution in [0.5, 0.6) is 0 Å². The Kier molecular flexibility index (Phi) is 3.13. The first-order chi connectivity index (χ1) is 8.01. The molecule has 0 bridgehead atoms. The number of anilines is 1. The molecule has 0 spiro atoms. The highest BCUT2D eigenvalue weighted by molar-refractivity contribution is 7.93. The van der Waals surface area contributed by atoms with Gasteiger partial charge in [-0.2, -0.15) is 0 Å². The summed E-state index contributed by atoms with van der Waals surface area (Å²) in [7, 11) is -3.62. The maximum absolute atomic E-state index is 11.9. The zero-order valence-electron chi connectivity index (χ0n) is 8.97. The molecule has 0 aromatic carbocycles. The predicted molar refractivity (Wildman–Crippen MR) is 64.1 cm³/mol. The van der Waals surface area contributed by atoms with Gasteiger partial charge in [-0.15, -0.1) is 10.2 Å². The summed E-state index contributed by atoms with van der Waals surface area (Å²) in [5.74, 6) is 0. The van der Waals surface area contributed by atoms with E-state index in [2.05, 4.69) is 19.9 Å². The summed E-state index contributed by atoms with van der Waals surface area (Å²) < 4.78 is 26.2. The average molecular weight is 273 g/mol. The third-order valence-electron chi connectivity index (χ3n) is 1.99. The van der Waals surface area contributed by atoms with Crippen molar-refractivity contribution in [2.75, 3.05) is 4.72 Å². The van der Waals surface area contributed by atoms with Crippen LogP contribution in [0.4, 0.5) is 5.13 Å². The SMILES string of the molecule is Cc1nnc(NS(=O)(=O)c2c[nH]c(CN)c2)s1. The zero-order chi connectivity index (χ0) is 12.5. The van der Waals surface area contributed by atoms with Gasteiger partial charge in [-0.25, -0.2) is 8.42 Å². The third kappa shape index (κ3) is 2.62. The number of aromatic amines is 1. The van der Waals surface area contributed by atoms with Gasteiger partial charge in [-0.1, -0.05) is 11.3 Å². The van der Waals surface area contributed by atoms with Crippen molar-refractivity contribution in [2.24, 2.45) is 5.73 Å². The molecule has 0 aliphatic carbocycles. The van der Waals surface area contributed by atoms with Gasteiger partial charge in [0, 0.05) is 18.4 Å². The fourth-order valence-corrected chi connectivity index (χ4v) is 3.04. The van der Waals surface area contributed by atoms with Crippen LogP contribution in [0.15, 0.2) is 17.2 Å². The van der Waals surface area contributed by atoms with Crippen molar-refractivity contribution in [3.05, 3.63) is 23.0 Å². The fourth-order valence-electron chi connectivity index (χ4n) is 1.20. The van der Waals surface area contributed by atoms with Crippen LogP contribution >= 0.6 is 11.3 Å². The first-order valence-electron chi connectivity index (χ1n) is 4.71. The predicted octanol–water partition coefficient (Wildman–Crippen LogP) is 0.434. The Morgan fingerprint density at radius 3 is 2.82 bits per heavy atom. The van der Waals surface area contributed by atoms with E-state index in [9.17, 15) is 8.42 Å². The molecule has 0 amide bonds. The molecule has 0 saturated carbocycles. The Labute approximate surface area is 102 Å². The fraction of sp³-hybridized carbons (Fsp3) is 0.250. The minimum atomic E-state index is -3.62. The molecule has 2 rings (SSSR count). The standard InChI is InChI=1S/C8H11N5O2S2/c1-5-11-12-8(16-5)13-17(14,15)7-2-6(3-9)10-4-7/h2,4,10H,3,9H2,1H3,(H,12,13). The van der Waals surface area contributed by atoms with Crippen LogP contribution in [0.3, 0.4) is 0 Å². The normalized spacial score (nSPS) is 11.6. The van der Waals surface area contributed by atoms with E-state index in [0.717, 1.165) is 0 Å². The van der Waals surface area contributed by atoms with Crippen LogP contribution in [-0.4, -0.2) is 23.6 Å². The number of aromatic nitrogens is 3. The number of sulfonamides is 1.